The van der Waals surface area contributed by atoms with Crippen LogP contribution in [0.3, 0.4) is 0 Å². The van der Waals surface area contributed by atoms with Crippen LogP contribution in [0.15, 0.2) is 18.2 Å². The highest BCUT2D eigenvalue weighted by Gasteiger charge is 2.22. The highest BCUT2D eigenvalue weighted by Crippen LogP contribution is 2.25. The zero-order valence-corrected chi connectivity index (χ0v) is 10.7. The Labute approximate surface area is 111 Å². The van der Waals surface area contributed by atoms with Gasteiger partial charge in [-0.2, -0.15) is 0 Å². The van der Waals surface area contributed by atoms with Gasteiger partial charge in [0.05, 0.1) is 13.2 Å². The Morgan fingerprint density at radius 2 is 2.26 bits per heavy atom. The number of hydrogen-bond acceptors (Lipinski definition) is 5. The van der Waals surface area contributed by atoms with E-state index in [1.165, 1.54) is 17.0 Å². The van der Waals surface area contributed by atoms with Gasteiger partial charge in [0.2, 0.25) is 0 Å². The second-order valence-electron chi connectivity index (χ2n) is 4.55. The summed E-state index contributed by atoms with van der Waals surface area (Å²) in [5.41, 5.74) is 0.706. The summed E-state index contributed by atoms with van der Waals surface area (Å²) in [5.74, 6) is -0.388. The van der Waals surface area contributed by atoms with E-state index in [-0.39, 0.29) is 17.6 Å². The zero-order valence-electron chi connectivity index (χ0n) is 10.7. The van der Waals surface area contributed by atoms with E-state index in [2.05, 4.69) is 0 Å². The van der Waals surface area contributed by atoms with Crippen molar-refractivity contribution in [1.82, 2.24) is 4.90 Å². The fourth-order valence-corrected chi connectivity index (χ4v) is 1.84. The maximum absolute atomic E-state index is 11.8. The molecule has 2 N–H and O–H groups in total. The minimum Gasteiger partial charge on any atom is -0.504 e. The number of phenolic OH excluding ortho intramolecular Hbond substituents is 2. The van der Waals surface area contributed by atoms with Crippen LogP contribution in [-0.4, -0.2) is 47.6 Å². The Morgan fingerprint density at radius 3 is 2.89 bits per heavy atom. The van der Waals surface area contributed by atoms with E-state index in [1.54, 1.807) is 13.1 Å². The minimum absolute atomic E-state index is 0.178. The molecule has 1 fully saturated rings. The lowest BCUT2D eigenvalue weighted by atomic mass is 10.2. The van der Waals surface area contributed by atoms with Crippen molar-refractivity contribution in [3.63, 3.8) is 0 Å². The van der Waals surface area contributed by atoms with Crippen molar-refractivity contribution < 1.29 is 24.5 Å². The van der Waals surface area contributed by atoms with Gasteiger partial charge < -0.3 is 24.6 Å². The molecule has 0 saturated carbocycles. The molecule has 19 heavy (non-hydrogen) atoms. The average molecular weight is 267 g/mol. The summed E-state index contributed by atoms with van der Waals surface area (Å²) in [4.78, 5) is 13.2. The molecule has 0 radical (unpaired) electrons. The van der Waals surface area contributed by atoms with Crippen LogP contribution in [0, 0.1) is 0 Å². The van der Waals surface area contributed by atoms with Gasteiger partial charge >= 0.3 is 6.09 Å². The number of rotatable bonds is 3. The average Bonchev–Trinajstić information content (AvgIpc) is 2.86. The first-order valence-electron chi connectivity index (χ1n) is 6.06. The van der Waals surface area contributed by atoms with Crippen molar-refractivity contribution in [2.75, 3.05) is 20.3 Å². The molecule has 0 aromatic heterocycles. The van der Waals surface area contributed by atoms with Gasteiger partial charge in [0.15, 0.2) is 11.5 Å². The molecule has 1 aromatic rings. The monoisotopic (exact) mass is 267 g/mol. The molecule has 6 nitrogen and oxygen atoms in total. The lowest BCUT2D eigenvalue weighted by Gasteiger charge is -2.19. The van der Waals surface area contributed by atoms with E-state index in [0.29, 0.717) is 25.3 Å². The summed E-state index contributed by atoms with van der Waals surface area (Å²) < 4.78 is 10.4. The van der Waals surface area contributed by atoms with Gasteiger partial charge in [0.1, 0.15) is 6.10 Å². The largest absolute Gasteiger partial charge is 0.504 e. The van der Waals surface area contributed by atoms with Crippen LogP contribution < -0.4 is 0 Å². The Morgan fingerprint density at radius 1 is 1.47 bits per heavy atom. The Balaban J connectivity index is 1.90. The molecule has 0 spiro atoms. The van der Waals surface area contributed by atoms with Crippen LogP contribution in [0.1, 0.15) is 12.0 Å². The van der Waals surface area contributed by atoms with Gasteiger partial charge in [-0.25, -0.2) is 4.79 Å². The van der Waals surface area contributed by atoms with Gasteiger partial charge in [0.25, 0.3) is 0 Å². The molecule has 104 valence electrons. The molecular formula is C13H17NO5. The van der Waals surface area contributed by atoms with E-state index in [1.807, 2.05) is 0 Å². The summed E-state index contributed by atoms with van der Waals surface area (Å²) in [7, 11) is 1.61. The molecule has 0 unspecified atom stereocenters. The fraction of sp³-hybridized carbons (Fsp3) is 0.462. The number of nitrogens with zero attached hydrogens (tertiary/aromatic N) is 1. The molecule has 0 bridgehead atoms. The lowest BCUT2D eigenvalue weighted by Crippen LogP contribution is -2.30. The number of carbonyl (C=O) groups excluding carboxylic acids is 1. The molecule has 1 aliphatic rings. The van der Waals surface area contributed by atoms with E-state index >= 15 is 0 Å². The lowest BCUT2D eigenvalue weighted by molar-refractivity contribution is 0.0586. The molecule has 1 saturated heterocycles. The maximum atomic E-state index is 11.8. The Kier molecular flexibility index (Phi) is 4.11. The van der Waals surface area contributed by atoms with Crippen molar-refractivity contribution in [2.45, 2.75) is 19.1 Å². The van der Waals surface area contributed by atoms with Crippen LogP contribution in [0.25, 0.3) is 0 Å². The van der Waals surface area contributed by atoms with Crippen molar-refractivity contribution in [3.05, 3.63) is 23.8 Å². The molecule has 6 heteroatoms. The highest BCUT2D eigenvalue weighted by molar-refractivity contribution is 5.67. The predicted octanol–water partition coefficient (Wildman–Crippen LogP) is 1.46. The highest BCUT2D eigenvalue weighted by atomic mass is 16.6. The number of carbonyl (C=O) groups is 1. The van der Waals surface area contributed by atoms with Crippen LogP contribution >= 0.6 is 0 Å². The molecule has 1 aromatic carbocycles. The normalized spacial score (nSPS) is 18.3. The Hall–Kier alpha value is -1.95. The molecular weight excluding hydrogens is 250 g/mol. The molecule has 1 heterocycles. The van der Waals surface area contributed by atoms with Crippen LogP contribution in [0.4, 0.5) is 4.79 Å². The van der Waals surface area contributed by atoms with Crippen LogP contribution in [0.5, 0.6) is 11.5 Å². The third kappa shape index (κ3) is 3.51. The Bertz CT molecular complexity index is 456. The number of benzene rings is 1. The number of amides is 1. The minimum atomic E-state index is -0.428. The third-order valence-electron chi connectivity index (χ3n) is 2.93. The second kappa shape index (κ2) is 5.79. The summed E-state index contributed by atoms with van der Waals surface area (Å²) in [5, 5.41) is 18.6. The van der Waals surface area contributed by atoms with Gasteiger partial charge in [-0.1, -0.05) is 6.07 Å². The topological polar surface area (TPSA) is 79.2 Å². The van der Waals surface area contributed by atoms with Crippen molar-refractivity contribution in [1.29, 1.82) is 0 Å². The number of phenols is 2. The van der Waals surface area contributed by atoms with Gasteiger partial charge in [-0.05, 0) is 17.7 Å². The smallest absolute Gasteiger partial charge is 0.410 e. The molecule has 1 aliphatic heterocycles. The maximum Gasteiger partial charge on any atom is 0.410 e. The quantitative estimate of drug-likeness (QED) is 0.810. The summed E-state index contributed by atoms with van der Waals surface area (Å²) >= 11 is 0. The first kappa shape index (κ1) is 13.5. The van der Waals surface area contributed by atoms with Gasteiger partial charge in [-0.3, -0.25) is 0 Å². The standard InChI is InChI=1S/C13H17NO5/c1-14(13(17)19-10-4-5-18-8-10)7-9-2-3-11(15)12(16)6-9/h2-3,6,10,15-16H,4-5,7-8H2,1H3/t10-/m0/s1. The number of aromatic hydroxyl groups is 2. The molecule has 1 amide bonds. The summed E-state index contributed by atoms with van der Waals surface area (Å²) in [6.45, 7) is 1.35. The second-order valence-corrected chi connectivity index (χ2v) is 4.55. The van der Waals surface area contributed by atoms with E-state index < -0.39 is 6.09 Å². The summed E-state index contributed by atoms with van der Waals surface area (Å²) in [6, 6.07) is 4.43. The van der Waals surface area contributed by atoms with E-state index in [4.69, 9.17) is 9.47 Å². The molecule has 0 aliphatic carbocycles. The fourth-order valence-electron chi connectivity index (χ4n) is 1.84. The van der Waals surface area contributed by atoms with Crippen LogP contribution in [-0.2, 0) is 16.0 Å². The van der Waals surface area contributed by atoms with Crippen molar-refractivity contribution >= 4 is 6.09 Å². The number of hydrogen-bond donors (Lipinski definition) is 2. The number of ether oxygens (including phenoxy) is 2. The van der Waals surface area contributed by atoms with Crippen LogP contribution in [0.2, 0.25) is 0 Å². The summed E-state index contributed by atoms with van der Waals surface area (Å²) in [6.07, 6.45) is 0.116. The SMILES string of the molecule is CN(Cc1ccc(O)c(O)c1)C(=O)O[C@H]1CCOC1. The van der Waals surface area contributed by atoms with Crippen molar-refractivity contribution in [2.24, 2.45) is 0 Å². The molecule has 1 atom stereocenters. The predicted molar refractivity (Wildman–Crippen MR) is 66.9 cm³/mol. The first-order chi connectivity index (χ1) is 9.06. The third-order valence-corrected chi connectivity index (χ3v) is 2.93. The van der Waals surface area contributed by atoms with Gasteiger partial charge in [0, 0.05) is 20.0 Å². The van der Waals surface area contributed by atoms with Gasteiger partial charge in [-0.15, -0.1) is 0 Å². The van der Waals surface area contributed by atoms with Crippen molar-refractivity contribution in [3.8, 4) is 11.5 Å². The van der Waals surface area contributed by atoms with E-state index in [0.717, 1.165) is 6.42 Å². The first-order valence-corrected chi connectivity index (χ1v) is 6.06. The molecule has 2 rings (SSSR count). The zero-order chi connectivity index (χ0) is 13.8. The van der Waals surface area contributed by atoms with E-state index in [9.17, 15) is 15.0 Å².